The van der Waals surface area contributed by atoms with Crippen LogP contribution in [0.25, 0.3) is 0 Å². The van der Waals surface area contributed by atoms with Crippen molar-refractivity contribution in [2.24, 2.45) is 0 Å². The summed E-state index contributed by atoms with van der Waals surface area (Å²) in [7, 11) is -3.41. The minimum Gasteiger partial charge on any atom is -0.350 e. The van der Waals surface area contributed by atoms with Crippen LogP contribution in [0.4, 0.5) is 5.69 Å². The van der Waals surface area contributed by atoms with Crippen LogP contribution in [0.3, 0.4) is 0 Å². The molecule has 0 heterocycles. The number of para-hydroxylation sites is 1. The number of hydrogen-bond acceptors (Lipinski definition) is 3. The van der Waals surface area contributed by atoms with Crippen LogP contribution in [0, 0.1) is 6.92 Å². The fourth-order valence-corrected chi connectivity index (χ4v) is 4.15. The van der Waals surface area contributed by atoms with Crippen molar-refractivity contribution in [1.82, 2.24) is 5.32 Å². The molecule has 0 aliphatic carbocycles. The van der Waals surface area contributed by atoms with E-state index in [1.54, 1.807) is 6.07 Å². The first-order valence-electron chi connectivity index (χ1n) is 9.64. The number of nitrogens with one attached hydrogen (secondary N) is 1. The highest BCUT2D eigenvalue weighted by molar-refractivity contribution is 7.92. The Morgan fingerprint density at radius 2 is 1.75 bits per heavy atom. The molecule has 1 N–H and O–H groups in total. The molecule has 0 spiro atoms. The van der Waals surface area contributed by atoms with Gasteiger partial charge in [-0.2, -0.15) is 0 Å². The summed E-state index contributed by atoms with van der Waals surface area (Å²) in [6, 6.07) is 15.5. The summed E-state index contributed by atoms with van der Waals surface area (Å²) in [4.78, 5) is 12.3. The lowest BCUT2D eigenvalue weighted by Crippen LogP contribution is -2.33. The van der Waals surface area contributed by atoms with Gasteiger partial charge in [-0.1, -0.05) is 49.4 Å². The van der Waals surface area contributed by atoms with Gasteiger partial charge in [0.1, 0.15) is 0 Å². The Morgan fingerprint density at radius 1 is 1.11 bits per heavy atom. The molecule has 0 aliphatic rings. The molecule has 0 bridgehead atoms. The lowest BCUT2D eigenvalue weighted by Gasteiger charge is -2.24. The van der Waals surface area contributed by atoms with Crippen LogP contribution < -0.4 is 9.62 Å². The highest BCUT2D eigenvalue weighted by atomic mass is 32.2. The average molecular weight is 403 g/mol. The number of anilines is 1. The highest BCUT2D eigenvalue weighted by Crippen LogP contribution is 2.22. The van der Waals surface area contributed by atoms with Gasteiger partial charge in [0.2, 0.25) is 15.9 Å². The Balaban J connectivity index is 1.92. The smallest absolute Gasteiger partial charge is 0.232 e. The molecule has 0 saturated carbocycles. The summed E-state index contributed by atoms with van der Waals surface area (Å²) < 4.78 is 25.8. The standard InChI is InChI=1S/C22H30N2O3S/c1-5-19-12-14-20(15-13-19)18(3)23-22(25)11-8-16-24(28(4,26)27)21-10-7-6-9-17(21)2/h6-7,9-10,12-15,18H,5,8,11,16H2,1-4H3,(H,23,25)/t18-/m0/s1. The molecule has 152 valence electrons. The summed E-state index contributed by atoms with van der Waals surface area (Å²) in [6.45, 7) is 6.22. The molecule has 0 saturated heterocycles. The average Bonchev–Trinajstić information content (AvgIpc) is 2.65. The van der Waals surface area contributed by atoms with Crippen LogP contribution in [-0.4, -0.2) is 27.1 Å². The Kier molecular flexibility index (Phi) is 7.63. The Morgan fingerprint density at radius 3 is 2.32 bits per heavy atom. The highest BCUT2D eigenvalue weighted by Gasteiger charge is 2.19. The summed E-state index contributed by atoms with van der Waals surface area (Å²) in [6.07, 6.45) is 2.91. The Hall–Kier alpha value is -2.34. The number of nitrogens with zero attached hydrogens (tertiary/aromatic N) is 1. The fourth-order valence-electron chi connectivity index (χ4n) is 3.13. The molecule has 0 aliphatic heterocycles. The van der Waals surface area contributed by atoms with Crippen molar-refractivity contribution in [2.75, 3.05) is 17.1 Å². The molecule has 0 radical (unpaired) electrons. The molecular weight excluding hydrogens is 372 g/mol. The molecule has 0 aromatic heterocycles. The first-order valence-corrected chi connectivity index (χ1v) is 11.5. The van der Waals surface area contributed by atoms with Gasteiger partial charge in [0.15, 0.2) is 0 Å². The zero-order valence-electron chi connectivity index (χ0n) is 17.1. The van der Waals surface area contributed by atoms with E-state index in [1.165, 1.54) is 16.1 Å². The first kappa shape index (κ1) is 22.0. The van der Waals surface area contributed by atoms with Gasteiger partial charge < -0.3 is 5.32 Å². The van der Waals surface area contributed by atoms with Gasteiger partial charge >= 0.3 is 0 Å². The topological polar surface area (TPSA) is 66.5 Å². The normalized spacial score (nSPS) is 12.4. The molecule has 1 atom stereocenters. The number of benzene rings is 2. The maximum Gasteiger partial charge on any atom is 0.232 e. The van der Waals surface area contributed by atoms with Crippen LogP contribution in [0.15, 0.2) is 48.5 Å². The van der Waals surface area contributed by atoms with Gasteiger partial charge in [0, 0.05) is 13.0 Å². The van der Waals surface area contributed by atoms with Crippen LogP contribution in [-0.2, 0) is 21.2 Å². The second-order valence-corrected chi connectivity index (χ2v) is 9.02. The van der Waals surface area contributed by atoms with Crippen molar-refractivity contribution in [2.45, 2.75) is 46.1 Å². The number of amides is 1. The van der Waals surface area contributed by atoms with Crippen molar-refractivity contribution in [3.8, 4) is 0 Å². The molecule has 1 amide bonds. The maximum atomic E-state index is 12.3. The zero-order chi connectivity index (χ0) is 20.7. The van der Waals surface area contributed by atoms with Crippen molar-refractivity contribution < 1.29 is 13.2 Å². The molecule has 0 unspecified atom stereocenters. The van der Waals surface area contributed by atoms with Gasteiger partial charge in [-0.3, -0.25) is 9.10 Å². The summed E-state index contributed by atoms with van der Waals surface area (Å²) in [5.41, 5.74) is 3.87. The van der Waals surface area contributed by atoms with E-state index < -0.39 is 10.0 Å². The van der Waals surface area contributed by atoms with Crippen molar-refractivity contribution in [3.63, 3.8) is 0 Å². The largest absolute Gasteiger partial charge is 0.350 e. The van der Waals surface area contributed by atoms with Gasteiger partial charge in [0.05, 0.1) is 18.0 Å². The van der Waals surface area contributed by atoms with Crippen LogP contribution in [0.1, 0.15) is 49.4 Å². The predicted molar refractivity (Wildman–Crippen MR) is 115 cm³/mol. The second kappa shape index (κ2) is 9.73. The number of sulfonamides is 1. The molecule has 6 heteroatoms. The number of rotatable bonds is 9. The lowest BCUT2D eigenvalue weighted by molar-refractivity contribution is -0.121. The third-order valence-electron chi connectivity index (χ3n) is 4.81. The summed E-state index contributed by atoms with van der Waals surface area (Å²) in [5.74, 6) is -0.0784. The minimum absolute atomic E-state index is 0.0784. The van der Waals surface area contributed by atoms with Gasteiger partial charge in [0.25, 0.3) is 0 Å². The fraction of sp³-hybridized carbons (Fsp3) is 0.409. The number of carbonyl (C=O) groups is 1. The van der Waals surface area contributed by atoms with Crippen molar-refractivity contribution >= 4 is 21.6 Å². The van der Waals surface area contributed by atoms with E-state index >= 15 is 0 Å². The predicted octanol–water partition coefficient (Wildman–Crippen LogP) is 3.98. The number of carbonyl (C=O) groups excluding carboxylic acids is 1. The van der Waals surface area contributed by atoms with Crippen molar-refractivity contribution in [1.29, 1.82) is 0 Å². The molecular formula is C22H30N2O3S. The van der Waals surface area contributed by atoms with E-state index in [1.807, 2.05) is 44.2 Å². The Labute approximate surface area is 168 Å². The minimum atomic E-state index is -3.41. The molecule has 2 rings (SSSR count). The monoisotopic (exact) mass is 402 g/mol. The van der Waals surface area contributed by atoms with Gasteiger partial charge in [-0.15, -0.1) is 0 Å². The van der Waals surface area contributed by atoms with Gasteiger partial charge in [-0.05, 0) is 49.4 Å². The summed E-state index contributed by atoms with van der Waals surface area (Å²) in [5, 5.41) is 2.99. The molecule has 5 nitrogen and oxygen atoms in total. The molecule has 2 aromatic rings. The van der Waals surface area contributed by atoms with E-state index in [4.69, 9.17) is 0 Å². The van der Waals surface area contributed by atoms with E-state index in [9.17, 15) is 13.2 Å². The van der Waals surface area contributed by atoms with Crippen molar-refractivity contribution in [3.05, 3.63) is 65.2 Å². The summed E-state index contributed by atoms with van der Waals surface area (Å²) >= 11 is 0. The number of aryl methyl sites for hydroxylation is 2. The zero-order valence-corrected chi connectivity index (χ0v) is 17.9. The SMILES string of the molecule is CCc1ccc([C@H](C)NC(=O)CCCN(c2ccccc2C)S(C)(=O)=O)cc1. The molecule has 2 aromatic carbocycles. The Bertz CT molecular complexity index is 892. The molecule has 0 fully saturated rings. The second-order valence-electron chi connectivity index (χ2n) is 7.11. The maximum absolute atomic E-state index is 12.3. The third kappa shape index (κ3) is 6.09. The quantitative estimate of drug-likeness (QED) is 0.690. The molecule has 28 heavy (non-hydrogen) atoms. The third-order valence-corrected chi connectivity index (χ3v) is 5.99. The van der Waals surface area contributed by atoms with Crippen LogP contribution in [0.2, 0.25) is 0 Å². The van der Waals surface area contributed by atoms with E-state index in [0.717, 1.165) is 17.5 Å². The van der Waals surface area contributed by atoms with E-state index in [-0.39, 0.29) is 24.9 Å². The van der Waals surface area contributed by atoms with Crippen LogP contribution >= 0.6 is 0 Å². The van der Waals surface area contributed by atoms with E-state index in [2.05, 4.69) is 24.4 Å². The van der Waals surface area contributed by atoms with Crippen LogP contribution in [0.5, 0.6) is 0 Å². The number of hydrogen-bond donors (Lipinski definition) is 1. The lowest BCUT2D eigenvalue weighted by atomic mass is 10.0. The first-order chi connectivity index (χ1) is 13.2. The van der Waals surface area contributed by atoms with E-state index in [0.29, 0.717) is 12.1 Å². The van der Waals surface area contributed by atoms with Gasteiger partial charge in [-0.25, -0.2) is 8.42 Å².